The highest BCUT2D eigenvalue weighted by atomic mass is 16.5. The highest BCUT2D eigenvalue weighted by Crippen LogP contribution is 2.30. The fourth-order valence-corrected chi connectivity index (χ4v) is 4.50. The van der Waals surface area contributed by atoms with E-state index in [2.05, 4.69) is 39.5 Å². The standard InChI is InChI=1S/C24H26N4O2/c1-30-22-7-5-18(14-19(22)16-27-11-2-3-12-27)23-25-10-13-28(23)20-6-4-17-8-9-26-24(29)21(17)15-20/h4-7,10,13-15H,2-3,8-9,11-12,16H2,1H3,(H,26,29). The van der Waals surface area contributed by atoms with E-state index < -0.39 is 0 Å². The molecule has 6 heteroatoms. The molecule has 2 aromatic carbocycles. The SMILES string of the molecule is COc1ccc(-c2nccn2-c2ccc3c(c2)C(=O)NCC3)cc1CN1CCCC1. The third-order valence-electron chi connectivity index (χ3n) is 6.07. The number of hydrogen-bond acceptors (Lipinski definition) is 4. The van der Waals surface area contributed by atoms with Crippen LogP contribution in [0.3, 0.4) is 0 Å². The number of benzene rings is 2. The molecule has 5 rings (SSSR count). The summed E-state index contributed by atoms with van der Waals surface area (Å²) in [6, 6.07) is 12.3. The Balaban J connectivity index is 1.52. The molecule has 30 heavy (non-hydrogen) atoms. The van der Waals surface area contributed by atoms with Crippen molar-refractivity contribution >= 4 is 5.91 Å². The monoisotopic (exact) mass is 402 g/mol. The van der Waals surface area contributed by atoms with Gasteiger partial charge in [-0.3, -0.25) is 14.3 Å². The quantitative estimate of drug-likeness (QED) is 0.710. The topological polar surface area (TPSA) is 59.4 Å². The number of carbonyl (C=O) groups excluding carboxylic acids is 1. The average molecular weight is 402 g/mol. The van der Waals surface area contributed by atoms with Gasteiger partial charge in [-0.1, -0.05) is 6.07 Å². The lowest BCUT2D eigenvalue weighted by atomic mass is 9.99. The van der Waals surface area contributed by atoms with Crippen LogP contribution in [0.4, 0.5) is 0 Å². The molecule has 0 atom stereocenters. The van der Waals surface area contributed by atoms with E-state index in [0.717, 1.165) is 60.0 Å². The molecule has 1 aromatic heterocycles. The molecule has 0 spiro atoms. The Morgan fingerprint density at radius 3 is 2.83 bits per heavy atom. The zero-order valence-electron chi connectivity index (χ0n) is 17.2. The average Bonchev–Trinajstić information content (AvgIpc) is 3.46. The first-order valence-corrected chi connectivity index (χ1v) is 10.6. The molecule has 1 saturated heterocycles. The fourth-order valence-electron chi connectivity index (χ4n) is 4.50. The minimum atomic E-state index is -0.00267. The highest BCUT2D eigenvalue weighted by molar-refractivity contribution is 5.97. The van der Waals surface area contributed by atoms with Crippen molar-refractivity contribution in [2.45, 2.75) is 25.8 Å². The van der Waals surface area contributed by atoms with Gasteiger partial charge >= 0.3 is 0 Å². The molecule has 1 fully saturated rings. The number of nitrogens with zero attached hydrogens (tertiary/aromatic N) is 3. The maximum absolute atomic E-state index is 12.3. The highest BCUT2D eigenvalue weighted by Gasteiger charge is 2.19. The van der Waals surface area contributed by atoms with Crippen molar-refractivity contribution in [1.29, 1.82) is 0 Å². The number of nitrogens with one attached hydrogen (secondary N) is 1. The lowest BCUT2D eigenvalue weighted by Crippen LogP contribution is -2.31. The van der Waals surface area contributed by atoms with Gasteiger partial charge in [0.2, 0.25) is 0 Å². The van der Waals surface area contributed by atoms with Gasteiger partial charge in [0.15, 0.2) is 0 Å². The minimum absolute atomic E-state index is 0.00267. The van der Waals surface area contributed by atoms with Gasteiger partial charge in [0.1, 0.15) is 11.6 Å². The number of imidazole rings is 1. The number of methoxy groups -OCH3 is 1. The molecule has 6 nitrogen and oxygen atoms in total. The van der Waals surface area contributed by atoms with Gasteiger partial charge in [-0.15, -0.1) is 0 Å². The molecule has 2 aliphatic rings. The van der Waals surface area contributed by atoms with Crippen molar-refractivity contribution in [2.75, 3.05) is 26.7 Å². The Morgan fingerprint density at radius 2 is 2.00 bits per heavy atom. The Hall–Kier alpha value is -3.12. The lowest BCUT2D eigenvalue weighted by molar-refractivity contribution is 0.0946. The summed E-state index contributed by atoms with van der Waals surface area (Å²) in [6.07, 6.45) is 7.15. The lowest BCUT2D eigenvalue weighted by Gasteiger charge is -2.19. The van der Waals surface area contributed by atoms with Gasteiger partial charge in [-0.2, -0.15) is 0 Å². The van der Waals surface area contributed by atoms with Crippen molar-refractivity contribution in [2.24, 2.45) is 0 Å². The van der Waals surface area contributed by atoms with Gasteiger partial charge in [0.25, 0.3) is 5.91 Å². The first kappa shape index (κ1) is 18.9. The second-order valence-corrected chi connectivity index (χ2v) is 7.98. The summed E-state index contributed by atoms with van der Waals surface area (Å²) in [5, 5.41) is 2.93. The summed E-state index contributed by atoms with van der Waals surface area (Å²) in [5.74, 6) is 1.77. The van der Waals surface area contributed by atoms with Crippen LogP contribution in [0, 0.1) is 0 Å². The first-order valence-electron chi connectivity index (χ1n) is 10.6. The van der Waals surface area contributed by atoms with Gasteiger partial charge in [-0.05, 0) is 68.2 Å². The van der Waals surface area contributed by atoms with E-state index in [1.54, 1.807) is 13.3 Å². The molecule has 3 heterocycles. The molecule has 0 unspecified atom stereocenters. The molecule has 2 aliphatic heterocycles. The summed E-state index contributed by atoms with van der Waals surface area (Å²) in [7, 11) is 1.72. The van der Waals surface area contributed by atoms with E-state index in [4.69, 9.17) is 4.74 Å². The summed E-state index contributed by atoms with van der Waals surface area (Å²) in [5.41, 5.74) is 5.01. The number of carbonyl (C=O) groups is 1. The third-order valence-corrected chi connectivity index (χ3v) is 6.07. The zero-order chi connectivity index (χ0) is 20.5. The Labute approximate surface area is 176 Å². The largest absolute Gasteiger partial charge is 0.496 e. The summed E-state index contributed by atoms with van der Waals surface area (Å²) in [4.78, 5) is 19.4. The van der Waals surface area contributed by atoms with Gasteiger partial charge in [-0.25, -0.2) is 4.98 Å². The van der Waals surface area contributed by atoms with Crippen molar-refractivity contribution in [1.82, 2.24) is 19.8 Å². The zero-order valence-corrected chi connectivity index (χ0v) is 17.2. The van der Waals surface area contributed by atoms with Gasteiger partial charge in [0, 0.05) is 47.9 Å². The number of fused-ring (bicyclic) bond motifs is 1. The third kappa shape index (κ3) is 3.48. The molecule has 0 saturated carbocycles. The molecular weight excluding hydrogens is 376 g/mol. The second-order valence-electron chi connectivity index (χ2n) is 7.98. The molecular formula is C24H26N4O2. The van der Waals surface area contributed by atoms with Crippen molar-refractivity contribution in [3.05, 3.63) is 65.5 Å². The number of hydrogen-bond donors (Lipinski definition) is 1. The van der Waals surface area contributed by atoms with Crippen LogP contribution in [-0.2, 0) is 13.0 Å². The molecule has 0 radical (unpaired) electrons. The minimum Gasteiger partial charge on any atom is -0.496 e. The van der Waals surface area contributed by atoms with Crippen molar-refractivity contribution in [3.8, 4) is 22.8 Å². The summed E-state index contributed by atoms with van der Waals surface area (Å²) in [6.45, 7) is 3.86. The maximum atomic E-state index is 12.3. The van der Waals surface area contributed by atoms with E-state index in [1.807, 2.05) is 22.9 Å². The first-order chi connectivity index (χ1) is 14.7. The number of aromatic nitrogens is 2. The molecule has 154 valence electrons. The molecule has 0 aliphatic carbocycles. The van der Waals surface area contributed by atoms with E-state index >= 15 is 0 Å². The van der Waals surface area contributed by atoms with Crippen LogP contribution >= 0.6 is 0 Å². The van der Waals surface area contributed by atoms with E-state index in [1.165, 1.54) is 18.4 Å². The summed E-state index contributed by atoms with van der Waals surface area (Å²) < 4.78 is 7.66. The van der Waals surface area contributed by atoms with Crippen LogP contribution in [0.15, 0.2) is 48.8 Å². The smallest absolute Gasteiger partial charge is 0.251 e. The Bertz CT molecular complexity index is 1080. The van der Waals surface area contributed by atoms with Crippen LogP contribution in [0.2, 0.25) is 0 Å². The normalized spacial score (nSPS) is 16.4. The van der Waals surface area contributed by atoms with Gasteiger partial charge in [0.05, 0.1) is 7.11 Å². The molecule has 3 aromatic rings. The van der Waals surface area contributed by atoms with Crippen molar-refractivity contribution < 1.29 is 9.53 Å². The predicted octanol–water partition coefficient (Wildman–Crippen LogP) is 3.43. The number of ether oxygens (including phenoxy) is 1. The second kappa shape index (κ2) is 7.95. The molecule has 0 bridgehead atoms. The Morgan fingerprint density at radius 1 is 1.13 bits per heavy atom. The van der Waals surface area contributed by atoms with E-state index in [-0.39, 0.29) is 5.91 Å². The molecule has 1 amide bonds. The fraction of sp³-hybridized carbons (Fsp3) is 0.333. The number of rotatable bonds is 5. The van der Waals surface area contributed by atoms with Crippen LogP contribution in [-0.4, -0.2) is 47.1 Å². The number of amides is 1. The predicted molar refractivity (Wildman–Crippen MR) is 116 cm³/mol. The van der Waals surface area contributed by atoms with E-state index in [9.17, 15) is 4.79 Å². The summed E-state index contributed by atoms with van der Waals surface area (Å²) >= 11 is 0. The Kier molecular flexibility index (Phi) is 5.01. The van der Waals surface area contributed by atoms with Crippen LogP contribution in [0.5, 0.6) is 5.75 Å². The van der Waals surface area contributed by atoms with Gasteiger partial charge < -0.3 is 10.1 Å². The van der Waals surface area contributed by atoms with Crippen LogP contribution in [0.25, 0.3) is 17.1 Å². The number of likely N-dealkylation sites (tertiary alicyclic amines) is 1. The van der Waals surface area contributed by atoms with Crippen LogP contribution in [0.1, 0.15) is 34.3 Å². The van der Waals surface area contributed by atoms with E-state index in [0.29, 0.717) is 6.54 Å². The van der Waals surface area contributed by atoms with Crippen molar-refractivity contribution in [3.63, 3.8) is 0 Å². The maximum Gasteiger partial charge on any atom is 0.251 e. The molecule has 1 N–H and O–H groups in total. The van der Waals surface area contributed by atoms with Crippen LogP contribution < -0.4 is 10.1 Å².